The predicted molar refractivity (Wildman–Crippen MR) is 131 cm³/mol. The molecule has 0 saturated carbocycles. The Balaban J connectivity index is 2.17. The first-order valence-corrected chi connectivity index (χ1v) is 13.6. The molecular weight excluding hydrogens is 364 g/mol. The summed E-state index contributed by atoms with van der Waals surface area (Å²) in [6, 6.07) is 0. The molecule has 0 aromatic carbocycles. The van der Waals surface area contributed by atoms with Crippen molar-refractivity contribution in [1.29, 1.82) is 0 Å². The Hall–Kier alpha value is -0.0800. The molecule has 0 radical (unpaired) electrons. The number of rotatable bonds is 16. The van der Waals surface area contributed by atoms with Gasteiger partial charge in [0.25, 0.3) is 0 Å². The second kappa shape index (κ2) is 18.0. The van der Waals surface area contributed by atoms with E-state index < -0.39 is 0 Å². The molecule has 1 aliphatic rings. The van der Waals surface area contributed by atoms with Crippen molar-refractivity contribution in [3.05, 3.63) is 33.6 Å². The summed E-state index contributed by atoms with van der Waals surface area (Å²) in [5.74, 6) is 2.58. The van der Waals surface area contributed by atoms with Crippen LogP contribution in [0.1, 0.15) is 111 Å². The van der Waals surface area contributed by atoms with E-state index >= 15 is 0 Å². The lowest BCUT2D eigenvalue weighted by Crippen LogP contribution is -1.96. The van der Waals surface area contributed by atoms with Crippen LogP contribution in [0.15, 0.2) is 33.6 Å². The predicted octanol–water partition coefficient (Wildman–Crippen LogP) is 9.68. The van der Waals surface area contributed by atoms with Crippen molar-refractivity contribution in [3.63, 3.8) is 0 Å². The molecule has 0 heterocycles. The molecule has 0 atom stereocenters. The highest BCUT2D eigenvalue weighted by molar-refractivity contribution is 8.02. The van der Waals surface area contributed by atoms with Crippen molar-refractivity contribution in [1.82, 2.24) is 0 Å². The van der Waals surface area contributed by atoms with Crippen molar-refractivity contribution in [2.24, 2.45) is 0 Å². The molecule has 156 valence electrons. The van der Waals surface area contributed by atoms with Gasteiger partial charge in [-0.25, -0.2) is 0 Å². The highest BCUT2D eigenvalue weighted by Crippen LogP contribution is 2.30. The lowest BCUT2D eigenvalue weighted by molar-refractivity contribution is 0.627. The number of thioether (sulfide) groups is 2. The van der Waals surface area contributed by atoms with Gasteiger partial charge in [-0.15, -0.1) is 23.5 Å². The molecule has 0 aliphatic heterocycles. The van der Waals surface area contributed by atoms with Crippen molar-refractivity contribution >= 4 is 23.5 Å². The number of hydrogen-bond donors (Lipinski definition) is 0. The highest BCUT2D eigenvalue weighted by atomic mass is 32.2. The fourth-order valence-corrected chi connectivity index (χ4v) is 5.28. The number of allylic oxidation sites excluding steroid dienone is 4. The van der Waals surface area contributed by atoms with E-state index in [0.29, 0.717) is 0 Å². The van der Waals surface area contributed by atoms with Crippen LogP contribution >= 0.6 is 23.5 Å². The van der Waals surface area contributed by atoms with E-state index in [-0.39, 0.29) is 0 Å². The molecule has 0 fully saturated rings. The van der Waals surface area contributed by atoms with Crippen LogP contribution in [0.4, 0.5) is 0 Å². The van der Waals surface area contributed by atoms with Gasteiger partial charge in [-0.3, -0.25) is 0 Å². The van der Waals surface area contributed by atoms with Crippen molar-refractivity contribution in [2.75, 3.05) is 11.5 Å². The van der Waals surface area contributed by atoms with Gasteiger partial charge in [0.2, 0.25) is 0 Å². The van der Waals surface area contributed by atoms with Gasteiger partial charge in [0, 0.05) is 0 Å². The lowest BCUT2D eigenvalue weighted by Gasteiger charge is -2.16. The molecule has 0 amide bonds. The van der Waals surface area contributed by atoms with Crippen LogP contribution in [0.3, 0.4) is 0 Å². The molecule has 0 saturated heterocycles. The van der Waals surface area contributed by atoms with Crippen molar-refractivity contribution < 1.29 is 0 Å². The number of unbranched alkanes of at least 4 members (excludes halogenated alkanes) is 10. The molecule has 0 bridgehead atoms. The van der Waals surface area contributed by atoms with Gasteiger partial charge < -0.3 is 0 Å². The second-order valence-corrected chi connectivity index (χ2v) is 10.0. The Labute approximate surface area is 179 Å². The van der Waals surface area contributed by atoms with E-state index in [2.05, 4.69) is 37.7 Å². The largest absolute Gasteiger partial charge is 0.134 e. The summed E-state index contributed by atoms with van der Waals surface area (Å²) in [4.78, 5) is 0. The fraction of sp³-hybridized carbons (Fsp3) is 0.760. The van der Waals surface area contributed by atoms with Gasteiger partial charge in [-0.2, -0.15) is 0 Å². The van der Waals surface area contributed by atoms with E-state index in [9.17, 15) is 0 Å². The standard InChI is InChI=1S/C25H44S2/c1-4-6-8-10-12-14-16-26-21-24-18-23(3)19-25(20-24)22-27-17-15-13-11-9-7-5-2/h18,21-22H,4-17,19-20H2,1-3H3. The molecule has 2 heteroatoms. The van der Waals surface area contributed by atoms with Crippen LogP contribution in [0.25, 0.3) is 0 Å². The molecule has 0 aromatic heterocycles. The van der Waals surface area contributed by atoms with Crippen LogP contribution in [0.2, 0.25) is 0 Å². The Morgan fingerprint density at radius 1 is 0.704 bits per heavy atom. The van der Waals surface area contributed by atoms with E-state index in [4.69, 9.17) is 0 Å². The molecule has 0 unspecified atom stereocenters. The van der Waals surface area contributed by atoms with Gasteiger partial charge in [-0.05, 0) is 60.5 Å². The van der Waals surface area contributed by atoms with Crippen LogP contribution in [-0.2, 0) is 0 Å². The smallest absolute Gasteiger partial charge is 0.00259 e. The SMILES string of the molecule is CCCCCCCCSC=C1C=C(C)CC(=CSCCCCCCCC)C1. The van der Waals surface area contributed by atoms with Gasteiger partial charge in [0.05, 0.1) is 0 Å². The highest BCUT2D eigenvalue weighted by Gasteiger charge is 2.09. The average Bonchev–Trinajstić information content (AvgIpc) is 2.65. The van der Waals surface area contributed by atoms with E-state index in [0.717, 1.165) is 0 Å². The summed E-state index contributed by atoms with van der Waals surface area (Å²) < 4.78 is 0. The Bertz CT molecular complexity index is 445. The topological polar surface area (TPSA) is 0 Å². The van der Waals surface area contributed by atoms with Crippen LogP contribution in [0, 0.1) is 0 Å². The minimum Gasteiger partial charge on any atom is -0.134 e. The Kier molecular flexibility index (Phi) is 16.6. The first kappa shape index (κ1) is 25.0. The zero-order chi connectivity index (χ0) is 19.6. The third kappa shape index (κ3) is 14.6. The molecule has 0 spiro atoms. The van der Waals surface area contributed by atoms with Crippen LogP contribution in [-0.4, -0.2) is 11.5 Å². The zero-order valence-corrected chi connectivity index (χ0v) is 20.0. The third-order valence-electron chi connectivity index (χ3n) is 5.09. The summed E-state index contributed by atoms with van der Waals surface area (Å²) in [5.41, 5.74) is 4.68. The first-order valence-electron chi connectivity index (χ1n) is 11.5. The van der Waals surface area contributed by atoms with Crippen LogP contribution in [0.5, 0.6) is 0 Å². The van der Waals surface area contributed by atoms with Crippen molar-refractivity contribution in [2.45, 2.75) is 111 Å². The van der Waals surface area contributed by atoms with Gasteiger partial charge in [-0.1, -0.05) is 95.3 Å². The van der Waals surface area contributed by atoms with Gasteiger partial charge in [0.15, 0.2) is 0 Å². The van der Waals surface area contributed by atoms with E-state index in [1.807, 2.05) is 23.5 Å². The average molecular weight is 409 g/mol. The maximum atomic E-state index is 2.47. The van der Waals surface area contributed by atoms with Crippen molar-refractivity contribution in [3.8, 4) is 0 Å². The summed E-state index contributed by atoms with van der Waals surface area (Å²) >= 11 is 4.07. The normalized spacial score (nSPS) is 17.7. The maximum absolute atomic E-state index is 2.47. The summed E-state index contributed by atoms with van der Waals surface area (Å²) in [6.07, 6.45) is 21.6. The fourth-order valence-electron chi connectivity index (χ4n) is 3.53. The summed E-state index contributed by atoms with van der Waals surface area (Å²) in [6.45, 7) is 6.87. The quantitative estimate of drug-likeness (QED) is 0.233. The minimum atomic E-state index is 1.17. The molecule has 1 aliphatic carbocycles. The van der Waals surface area contributed by atoms with Gasteiger partial charge >= 0.3 is 0 Å². The van der Waals surface area contributed by atoms with Gasteiger partial charge in [0.1, 0.15) is 0 Å². The number of hydrogen-bond acceptors (Lipinski definition) is 2. The van der Waals surface area contributed by atoms with E-state index in [1.54, 1.807) is 5.57 Å². The minimum absolute atomic E-state index is 1.17. The maximum Gasteiger partial charge on any atom is -0.00259 e. The third-order valence-corrected chi connectivity index (χ3v) is 7.10. The molecular formula is C25H44S2. The molecule has 1 rings (SSSR count). The second-order valence-electron chi connectivity index (χ2n) is 8.09. The zero-order valence-electron chi connectivity index (χ0n) is 18.4. The van der Waals surface area contributed by atoms with E-state index in [1.165, 1.54) is 113 Å². The summed E-state index contributed by atoms with van der Waals surface area (Å²) in [5, 5.41) is 4.90. The monoisotopic (exact) mass is 408 g/mol. The molecule has 27 heavy (non-hydrogen) atoms. The molecule has 0 aromatic rings. The Morgan fingerprint density at radius 2 is 1.22 bits per heavy atom. The lowest BCUT2D eigenvalue weighted by atomic mass is 9.93. The van der Waals surface area contributed by atoms with Crippen LogP contribution < -0.4 is 0 Å². The molecule has 0 nitrogen and oxygen atoms in total. The Morgan fingerprint density at radius 3 is 1.81 bits per heavy atom. The summed E-state index contributed by atoms with van der Waals surface area (Å²) in [7, 11) is 0. The molecule has 0 N–H and O–H groups in total. The first-order chi connectivity index (χ1) is 13.3.